The van der Waals surface area contributed by atoms with Crippen molar-refractivity contribution in [2.75, 3.05) is 0 Å². The van der Waals surface area contributed by atoms with Gasteiger partial charge in [-0.05, 0) is 19.9 Å². The van der Waals surface area contributed by atoms with Crippen molar-refractivity contribution in [1.82, 2.24) is 9.97 Å². The zero-order chi connectivity index (χ0) is 10.7. The molecule has 0 saturated heterocycles. The molecule has 14 heavy (non-hydrogen) atoms. The first kappa shape index (κ1) is 10.6. The largest absolute Gasteiger partial charge is 0.481 e. The SMILES string of the molecule is Cc1cc(C)nc(C(N)CC(=O)O)n1. The van der Waals surface area contributed by atoms with Gasteiger partial charge in [0.05, 0.1) is 12.5 Å². The molecule has 5 heteroatoms. The lowest BCUT2D eigenvalue weighted by atomic mass is 10.2. The van der Waals surface area contributed by atoms with Crippen LogP contribution in [0, 0.1) is 13.8 Å². The number of aromatic nitrogens is 2. The molecule has 0 radical (unpaired) electrons. The van der Waals surface area contributed by atoms with Gasteiger partial charge in [-0.15, -0.1) is 0 Å². The molecule has 1 aromatic rings. The predicted octanol–water partition coefficient (Wildman–Crippen LogP) is 0.568. The lowest BCUT2D eigenvalue weighted by molar-refractivity contribution is -0.137. The quantitative estimate of drug-likeness (QED) is 0.735. The molecule has 0 aliphatic carbocycles. The van der Waals surface area contributed by atoms with Gasteiger partial charge >= 0.3 is 5.97 Å². The number of carboxylic acids is 1. The van der Waals surface area contributed by atoms with Gasteiger partial charge < -0.3 is 10.8 Å². The lowest BCUT2D eigenvalue weighted by Gasteiger charge is -2.08. The molecule has 1 rings (SSSR count). The van der Waals surface area contributed by atoms with E-state index in [1.165, 1.54) is 0 Å². The highest BCUT2D eigenvalue weighted by molar-refractivity contribution is 5.67. The summed E-state index contributed by atoms with van der Waals surface area (Å²) in [7, 11) is 0. The van der Waals surface area contributed by atoms with Crippen LogP contribution in [0.4, 0.5) is 0 Å². The zero-order valence-corrected chi connectivity index (χ0v) is 8.19. The molecule has 0 aromatic carbocycles. The first-order valence-corrected chi connectivity index (χ1v) is 4.28. The number of rotatable bonds is 3. The zero-order valence-electron chi connectivity index (χ0n) is 8.19. The van der Waals surface area contributed by atoms with Gasteiger partial charge in [0.15, 0.2) is 0 Å². The number of hydrogen-bond acceptors (Lipinski definition) is 4. The average molecular weight is 195 g/mol. The van der Waals surface area contributed by atoms with E-state index in [-0.39, 0.29) is 6.42 Å². The normalized spacial score (nSPS) is 12.5. The molecule has 1 atom stereocenters. The second-order valence-corrected chi connectivity index (χ2v) is 3.21. The molecule has 1 heterocycles. The summed E-state index contributed by atoms with van der Waals surface area (Å²) in [6, 6.07) is 1.18. The Bertz CT molecular complexity index is 332. The molecule has 5 nitrogen and oxygen atoms in total. The van der Waals surface area contributed by atoms with Gasteiger partial charge in [-0.2, -0.15) is 0 Å². The van der Waals surface area contributed by atoms with Gasteiger partial charge in [0.2, 0.25) is 0 Å². The monoisotopic (exact) mass is 195 g/mol. The molecule has 0 fully saturated rings. The molecule has 3 N–H and O–H groups in total. The standard InChI is InChI=1S/C9H13N3O2/c1-5-3-6(2)12-9(11-5)7(10)4-8(13)14/h3,7H,4,10H2,1-2H3,(H,13,14). The Hall–Kier alpha value is -1.49. The summed E-state index contributed by atoms with van der Waals surface area (Å²) in [6.07, 6.45) is -0.150. The van der Waals surface area contributed by atoms with Gasteiger partial charge in [0, 0.05) is 11.4 Å². The summed E-state index contributed by atoms with van der Waals surface area (Å²) in [5.74, 6) is -0.551. The smallest absolute Gasteiger partial charge is 0.305 e. The van der Waals surface area contributed by atoms with Gasteiger partial charge in [-0.25, -0.2) is 9.97 Å². The highest BCUT2D eigenvalue weighted by atomic mass is 16.4. The first-order valence-electron chi connectivity index (χ1n) is 4.28. The molecule has 0 amide bonds. The highest BCUT2D eigenvalue weighted by Crippen LogP contribution is 2.10. The summed E-state index contributed by atoms with van der Waals surface area (Å²) < 4.78 is 0. The summed E-state index contributed by atoms with van der Waals surface area (Å²) in [5, 5.41) is 8.55. The minimum absolute atomic E-state index is 0.150. The molecule has 1 unspecified atom stereocenters. The number of hydrogen-bond donors (Lipinski definition) is 2. The van der Waals surface area contributed by atoms with Crippen molar-refractivity contribution in [2.24, 2.45) is 5.73 Å². The van der Waals surface area contributed by atoms with E-state index < -0.39 is 12.0 Å². The summed E-state index contributed by atoms with van der Waals surface area (Å²) in [5.41, 5.74) is 7.23. The fraction of sp³-hybridized carbons (Fsp3) is 0.444. The van der Waals surface area contributed by atoms with Crippen LogP contribution >= 0.6 is 0 Å². The maximum absolute atomic E-state index is 10.4. The van der Waals surface area contributed by atoms with Gasteiger partial charge in [0.25, 0.3) is 0 Å². The van der Waals surface area contributed by atoms with E-state index in [1.807, 2.05) is 19.9 Å². The van der Waals surface area contributed by atoms with Crippen LogP contribution in [-0.2, 0) is 4.79 Å². The number of nitrogens with two attached hydrogens (primary N) is 1. The third-order valence-corrected chi connectivity index (χ3v) is 1.73. The van der Waals surface area contributed by atoms with E-state index in [0.717, 1.165) is 11.4 Å². The summed E-state index contributed by atoms with van der Waals surface area (Å²) in [6.45, 7) is 3.65. The molecular weight excluding hydrogens is 182 g/mol. The fourth-order valence-corrected chi connectivity index (χ4v) is 1.20. The predicted molar refractivity (Wildman–Crippen MR) is 50.7 cm³/mol. The minimum Gasteiger partial charge on any atom is -0.481 e. The van der Waals surface area contributed by atoms with Crippen LogP contribution in [0.3, 0.4) is 0 Å². The second-order valence-electron chi connectivity index (χ2n) is 3.21. The van der Waals surface area contributed by atoms with Crippen LogP contribution in [0.2, 0.25) is 0 Å². The second kappa shape index (κ2) is 4.15. The van der Waals surface area contributed by atoms with E-state index in [9.17, 15) is 4.79 Å². The van der Waals surface area contributed by atoms with Crippen molar-refractivity contribution in [3.05, 3.63) is 23.3 Å². The molecule has 1 aromatic heterocycles. The summed E-state index contributed by atoms with van der Waals surface area (Å²) in [4.78, 5) is 18.6. The van der Waals surface area contributed by atoms with E-state index in [4.69, 9.17) is 10.8 Å². The van der Waals surface area contributed by atoms with Crippen LogP contribution in [0.15, 0.2) is 6.07 Å². The minimum atomic E-state index is -0.944. The fourth-order valence-electron chi connectivity index (χ4n) is 1.20. The first-order chi connectivity index (χ1) is 6.49. The Balaban J connectivity index is 2.89. The van der Waals surface area contributed by atoms with Crippen LogP contribution in [0.1, 0.15) is 29.7 Å². The van der Waals surface area contributed by atoms with Gasteiger partial charge in [-0.3, -0.25) is 4.79 Å². The number of carboxylic acid groups (broad SMARTS) is 1. The molecule has 0 bridgehead atoms. The highest BCUT2D eigenvalue weighted by Gasteiger charge is 2.13. The van der Waals surface area contributed by atoms with E-state index in [2.05, 4.69) is 9.97 Å². The van der Waals surface area contributed by atoms with Crippen LogP contribution < -0.4 is 5.73 Å². The number of aryl methyl sites for hydroxylation is 2. The van der Waals surface area contributed by atoms with E-state index in [0.29, 0.717) is 5.82 Å². The lowest BCUT2D eigenvalue weighted by Crippen LogP contribution is -2.18. The number of nitrogens with zero attached hydrogens (tertiary/aromatic N) is 2. The summed E-state index contributed by atoms with van der Waals surface area (Å²) >= 11 is 0. The molecular formula is C9H13N3O2. The Morgan fingerprint density at radius 1 is 1.50 bits per heavy atom. The van der Waals surface area contributed by atoms with Crippen molar-refractivity contribution < 1.29 is 9.90 Å². The number of aliphatic carboxylic acids is 1. The Morgan fingerprint density at radius 3 is 2.43 bits per heavy atom. The third-order valence-electron chi connectivity index (χ3n) is 1.73. The van der Waals surface area contributed by atoms with Crippen molar-refractivity contribution >= 4 is 5.97 Å². The van der Waals surface area contributed by atoms with E-state index >= 15 is 0 Å². The van der Waals surface area contributed by atoms with Crippen LogP contribution in [0.5, 0.6) is 0 Å². The van der Waals surface area contributed by atoms with Crippen molar-refractivity contribution in [3.63, 3.8) is 0 Å². The van der Waals surface area contributed by atoms with Gasteiger partial charge in [-0.1, -0.05) is 0 Å². The molecule has 0 spiro atoms. The van der Waals surface area contributed by atoms with Crippen molar-refractivity contribution in [3.8, 4) is 0 Å². The van der Waals surface area contributed by atoms with Crippen molar-refractivity contribution in [1.29, 1.82) is 0 Å². The Morgan fingerprint density at radius 2 is 2.00 bits per heavy atom. The molecule has 0 saturated carbocycles. The van der Waals surface area contributed by atoms with E-state index in [1.54, 1.807) is 0 Å². The Kier molecular flexibility index (Phi) is 3.14. The Labute approximate surface area is 82.0 Å². The molecule has 0 aliphatic heterocycles. The van der Waals surface area contributed by atoms with Crippen LogP contribution in [-0.4, -0.2) is 21.0 Å². The number of carbonyl (C=O) groups is 1. The maximum atomic E-state index is 10.4. The van der Waals surface area contributed by atoms with Crippen molar-refractivity contribution in [2.45, 2.75) is 26.3 Å². The van der Waals surface area contributed by atoms with Gasteiger partial charge in [0.1, 0.15) is 5.82 Å². The van der Waals surface area contributed by atoms with Crippen LogP contribution in [0.25, 0.3) is 0 Å². The third kappa shape index (κ3) is 2.77. The maximum Gasteiger partial charge on any atom is 0.305 e. The topological polar surface area (TPSA) is 89.1 Å². The molecule has 0 aliphatic rings. The average Bonchev–Trinajstić information content (AvgIpc) is 2.00. The molecule has 76 valence electrons.